The zero-order chi connectivity index (χ0) is 21.2. The number of hydrogen-bond donors (Lipinski definition) is 1. The Balaban J connectivity index is 1.90. The number of carbonyl (C=O) groups is 1. The molecule has 0 aliphatic rings. The minimum Gasteiger partial charge on any atom is -0.493 e. The second kappa shape index (κ2) is 11.6. The molecular formula is C21H28BrN3O4. The SMILES string of the molecule is CCCc1cc(C(=O)OC)ccc1OCCCNc1cnn(CCC)c(=O)c1Br. The topological polar surface area (TPSA) is 82.4 Å². The molecule has 1 heterocycles. The van der Waals surface area contributed by atoms with Crippen molar-refractivity contribution in [2.24, 2.45) is 0 Å². The summed E-state index contributed by atoms with van der Waals surface area (Å²) in [7, 11) is 1.37. The fourth-order valence-electron chi connectivity index (χ4n) is 2.87. The van der Waals surface area contributed by atoms with Crippen LogP contribution in [0.15, 0.2) is 33.7 Å². The van der Waals surface area contributed by atoms with E-state index < -0.39 is 0 Å². The fourth-order valence-corrected chi connectivity index (χ4v) is 3.31. The van der Waals surface area contributed by atoms with E-state index in [1.165, 1.54) is 11.8 Å². The molecule has 1 aromatic heterocycles. The summed E-state index contributed by atoms with van der Waals surface area (Å²) in [5, 5.41) is 7.40. The van der Waals surface area contributed by atoms with Gasteiger partial charge < -0.3 is 14.8 Å². The molecule has 0 aliphatic heterocycles. The van der Waals surface area contributed by atoms with Crippen LogP contribution in [0.1, 0.15) is 49.0 Å². The number of aryl methyl sites for hydroxylation is 2. The molecule has 0 saturated heterocycles. The van der Waals surface area contributed by atoms with E-state index in [-0.39, 0.29) is 11.5 Å². The number of hydrogen-bond acceptors (Lipinski definition) is 6. The van der Waals surface area contributed by atoms with Crippen molar-refractivity contribution in [3.63, 3.8) is 0 Å². The molecule has 158 valence electrons. The molecule has 0 bridgehead atoms. The summed E-state index contributed by atoms with van der Waals surface area (Å²) in [5.41, 5.74) is 2.06. The Kier molecular flexibility index (Phi) is 9.18. The summed E-state index contributed by atoms with van der Waals surface area (Å²) in [6.07, 6.45) is 5.03. The Morgan fingerprint density at radius 1 is 1.28 bits per heavy atom. The Bertz CT molecular complexity index is 883. The van der Waals surface area contributed by atoms with Gasteiger partial charge in [0.05, 0.1) is 31.2 Å². The van der Waals surface area contributed by atoms with Gasteiger partial charge in [0.1, 0.15) is 10.2 Å². The van der Waals surface area contributed by atoms with Gasteiger partial charge in [0, 0.05) is 13.1 Å². The Morgan fingerprint density at radius 2 is 2.07 bits per heavy atom. The van der Waals surface area contributed by atoms with Crippen molar-refractivity contribution in [1.29, 1.82) is 0 Å². The van der Waals surface area contributed by atoms with Crippen molar-refractivity contribution in [3.8, 4) is 5.75 Å². The second-order valence-corrected chi connectivity index (χ2v) is 7.39. The monoisotopic (exact) mass is 465 g/mol. The Labute approximate surface area is 179 Å². The lowest BCUT2D eigenvalue weighted by atomic mass is 10.1. The number of methoxy groups -OCH3 is 1. The summed E-state index contributed by atoms with van der Waals surface area (Å²) in [6.45, 7) is 5.84. The van der Waals surface area contributed by atoms with E-state index in [1.807, 2.05) is 19.1 Å². The highest BCUT2D eigenvalue weighted by molar-refractivity contribution is 9.10. The third-order valence-corrected chi connectivity index (χ3v) is 5.08. The fraction of sp³-hybridized carbons (Fsp3) is 0.476. The zero-order valence-electron chi connectivity index (χ0n) is 17.2. The van der Waals surface area contributed by atoms with Crippen LogP contribution in [0, 0.1) is 0 Å². The average molecular weight is 466 g/mol. The number of anilines is 1. The molecule has 0 amide bonds. The van der Waals surface area contributed by atoms with Crippen molar-refractivity contribution in [2.75, 3.05) is 25.6 Å². The molecule has 29 heavy (non-hydrogen) atoms. The van der Waals surface area contributed by atoms with Crippen LogP contribution in [0.2, 0.25) is 0 Å². The van der Waals surface area contributed by atoms with Gasteiger partial charge in [-0.25, -0.2) is 9.48 Å². The third-order valence-electron chi connectivity index (χ3n) is 4.32. The molecule has 0 atom stereocenters. The molecule has 8 heteroatoms. The van der Waals surface area contributed by atoms with E-state index in [0.717, 1.165) is 37.0 Å². The lowest BCUT2D eigenvalue weighted by molar-refractivity contribution is 0.0600. The van der Waals surface area contributed by atoms with Gasteiger partial charge >= 0.3 is 5.97 Å². The van der Waals surface area contributed by atoms with E-state index in [0.29, 0.717) is 35.4 Å². The van der Waals surface area contributed by atoms with Crippen LogP contribution in [0.3, 0.4) is 0 Å². The van der Waals surface area contributed by atoms with Crippen molar-refractivity contribution in [2.45, 2.75) is 46.1 Å². The molecule has 0 unspecified atom stereocenters. The van der Waals surface area contributed by atoms with Gasteiger partial charge in [-0.1, -0.05) is 20.3 Å². The predicted molar refractivity (Wildman–Crippen MR) is 117 cm³/mol. The standard InChI is InChI=1S/C21H28BrN3O4/c1-4-7-15-13-16(21(27)28-3)8-9-18(15)29-12-6-10-23-17-14-24-25(11-5-2)20(26)19(17)22/h8-9,13-14,23H,4-7,10-12H2,1-3H3. The van der Waals surface area contributed by atoms with Crippen molar-refractivity contribution < 1.29 is 14.3 Å². The van der Waals surface area contributed by atoms with Gasteiger partial charge in [0.15, 0.2) is 0 Å². The number of aromatic nitrogens is 2. The summed E-state index contributed by atoms with van der Waals surface area (Å²) in [5.74, 6) is 0.433. The predicted octanol–water partition coefficient (Wildman–Crippen LogP) is 4.04. The van der Waals surface area contributed by atoms with Crippen molar-refractivity contribution >= 4 is 27.6 Å². The van der Waals surface area contributed by atoms with Crippen molar-refractivity contribution in [3.05, 3.63) is 50.3 Å². The lowest BCUT2D eigenvalue weighted by Crippen LogP contribution is -2.24. The molecule has 0 fully saturated rings. The largest absolute Gasteiger partial charge is 0.493 e. The summed E-state index contributed by atoms with van der Waals surface area (Å²) in [4.78, 5) is 23.9. The number of rotatable bonds is 11. The van der Waals surface area contributed by atoms with Crippen LogP contribution in [0.5, 0.6) is 5.75 Å². The molecule has 7 nitrogen and oxygen atoms in total. The molecule has 0 radical (unpaired) electrons. The van der Waals surface area contributed by atoms with Gasteiger partial charge in [-0.2, -0.15) is 5.10 Å². The van der Waals surface area contributed by atoms with Gasteiger partial charge in [0.2, 0.25) is 0 Å². The summed E-state index contributed by atoms with van der Waals surface area (Å²) < 4.78 is 12.6. The molecule has 0 aliphatic carbocycles. The number of esters is 1. The lowest BCUT2D eigenvalue weighted by Gasteiger charge is -2.13. The number of benzene rings is 1. The van der Waals surface area contributed by atoms with Crippen LogP contribution >= 0.6 is 15.9 Å². The van der Waals surface area contributed by atoms with Crippen molar-refractivity contribution in [1.82, 2.24) is 9.78 Å². The highest BCUT2D eigenvalue weighted by Crippen LogP contribution is 2.23. The molecule has 0 saturated carbocycles. The maximum atomic E-state index is 12.2. The van der Waals surface area contributed by atoms with Crippen LogP contribution < -0.4 is 15.6 Å². The van der Waals surface area contributed by atoms with E-state index in [1.54, 1.807) is 12.3 Å². The van der Waals surface area contributed by atoms with Crippen LogP contribution in [-0.2, 0) is 17.7 Å². The van der Waals surface area contributed by atoms with E-state index in [9.17, 15) is 9.59 Å². The highest BCUT2D eigenvalue weighted by Gasteiger charge is 2.11. The number of carbonyl (C=O) groups excluding carboxylic acids is 1. The minimum absolute atomic E-state index is 0.136. The summed E-state index contributed by atoms with van der Waals surface area (Å²) in [6, 6.07) is 5.36. The van der Waals surface area contributed by atoms with Crippen LogP contribution in [0.25, 0.3) is 0 Å². The summed E-state index contributed by atoms with van der Waals surface area (Å²) >= 11 is 3.35. The molecule has 1 aromatic carbocycles. The number of nitrogens with zero attached hydrogens (tertiary/aromatic N) is 2. The first-order valence-corrected chi connectivity index (χ1v) is 10.6. The van der Waals surface area contributed by atoms with E-state index in [4.69, 9.17) is 9.47 Å². The molecule has 0 spiro atoms. The normalized spacial score (nSPS) is 10.6. The molecule has 2 rings (SSSR count). The molecule has 1 N–H and O–H groups in total. The highest BCUT2D eigenvalue weighted by atomic mass is 79.9. The van der Waals surface area contributed by atoms with E-state index >= 15 is 0 Å². The smallest absolute Gasteiger partial charge is 0.337 e. The van der Waals surface area contributed by atoms with Gasteiger partial charge in [0.25, 0.3) is 5.56 Å². The average Bonchev–Trinajstić information content (AvgIpc) is 2.73. The number of nitrogens with one attached hydrogen (secondary N) is 1. The first-order valence-electron chi connectivity index (χ1n) is 9.85. The van der Waals surface area contributed by atoms with Gasteiger partial charge in [-0.05, 0) is 59.0 Å². The Morgan fingerprint density at radius 3 is 2.76 bits per heavy atom. The number of halogens is 1. The van der Waals surface area contributed by atoms with Gasteiger partial charge in [-0.3, -0.25) is 4.79 Å². The maximum Gasteiger partial charge on any atom is 0.337 e. The van der Waals surface area contributed by atoms with Crippen LogP contribution in [0.4, 0.5) is 5.69 Å². The van der Waals surface area contributed by atoms with Crippen LogP contribution in [-0.4, -0.2) is 36.0 Å². The zero-order valence-corrected chi connectivity index (χ0v) is 18.8. The van der Waals surface area contributed by atoms with Gasteiger partial charge in [-0.15, -0.1) is 0 Å². The Hall–Kier alpha value is -2.35. The first-order chi connectivity index (χ1) is 14.0. The van der Waals surface area contributed by atoms with E-state index in [2.05, 4.69) is 33.3 Å². The molecular weight excluding hydrogens is 438 g/mol. The maximum absolute atomic E-state index is 12.2. The first kappa shape index (κ1) is 22.9. The second-order valence-electron chi connectivity index (χ2n) is 6.59. The number of ether oxygens (including phenoxy) is 2. The third kappa shape index (κ3) is 6.32. The molecule has 2 aromatic rings. The quantitative estimate of drug-likeness (QED) is 0.398. The minimum atomic E-state index is -0.349.